The third-order valence-electron chi connectivity index (χ3n) is 2.73. The van der Waals surface area contributed by atoms with Crippen LogP contribution < -0.4 is 5.73 Å². The molecule has 16 heavy (non-hydrogen) atoms. The third-order valence-corrected chi connectivity index (χ3v) is 2.73. The van der Waals surface area contributed by atoms with Crippen LogP contribution in [-0.4, -0.2) is 17.1 Å². The summed E-state index contributed by atoms with van der Waals surface area (Å²) < 4.78 is 0. The van der Waals surface area contributed by atoms with E-state index in [2.05, 4.69) is 19.9 Å². The van der Waals surface area contributed by atoms with Crippen molar-refractivity contribution in [2.45, 2.75) is 39.2 Å². The molecular formula is C13H19NO2. The second kappa shape index (κ2) is 5.12. The molecule has 0 heterocycles. The van der Waals surface area contributed by atoms with Crippen LogP contribution in [0, 0.1) is 6.92 Å². The normalized spacial score (nSPS) is 12.8. The Morgan fingerprint density at radius 3 is 2.50 bits per heavy atom. The van der Waals surface area contributed by atoms with Gasteiger partial charge in [0.1, 0.15) is 6.04 Å². The Labute approximate surface area is 96.3 Å². The van der Waals surface area contributed by atoms with Gasteiger partial charge in [-0.15, -0.1) is 0 Å². The molecule has 0 aliphatic carbocycles. The highest BCUT2D eigenvalue weighted by Crippen LogP contribution is 2.20. The molecule has 1 atom stereocenters. The Morgan fingerprint density at radius 2 is 2.06 bits per heavy atom. The molecule has 1 rings (SSSR count). The first-order valence-electron chi connectivity index (χ1n) is 5.49. The number of hydrogen-bond acceptors (Lipinski definition) is 2. The van der Waals surface area contributed by atoms with Gasteiger partial charge in [0, 0.05) is 0 Å². The fourth-order valence-corrected chi connectivity index (χ4v) is 1.85. The average molecular weight is 221 g/mol. The second-order valence-corrected chi connectivity index (χ2v) is 4.49. The summed E-state index contributed by atoms with van der Waals surface area (Å²) in [6.07, 6.45) is 0.383. The highest BCUT2D eigenvalue weighted by molar-refractivity contribution is 5.73. The van der Waals surface area contributed by atoms with Gasteiger partial charge in [0.25, 0.3) is 0 Å². The minimum absolute atomic E-state index is 0.383. The topological polar surface area (TPSA) is 63.3 Å². The summed E-state index contributed by atoms with van der Waals surface area (Å²) in [7, 11) is 0. The van der Waals surface area contributed by atoms with E-state index in [0.717, 1.165) is 5.56 Å². The highest BCUT2D eigenvalue weighted by Gasteiger charge is 2.13. The predicted octanol–water partition coefficient (Wildman–Crippen LogP) is 2.07. The van der Waals surface area contributed by atoms with Gasteiger partial charge >= 0.3 is 5.97 Å². The van der Waals surface area contributed by atoms with E-state index in [9.17, 15) is 4.79 Å². The number of rotatable bonds is 4. The molecule has 0 saturated carbocycles. The van der Waals surface area contributed by atoms with E-state index in [-0.39, 0.29) is 0 Å². The summed E-state index contributed by atoms with van der Waals surface area (Å²) >= 11 is 0. The first-order valence-corrected chi connectivity index (χ1v) is 5.49. The standard InChI is InChI=1S/C13H19NO2/c1-8(2)11-5-4-10(6-9(11)3)7-12(14)13(15)16/h4-6,8,12H,7,14H2,1-3H3,(H,15,16)/t12-/m0/s1. The summed E-state index contributed by atoms with van der Waals surface area (Å²) in [4.78, 5) is 10.6. The molecule has 0 radical (unpaired) electrons. The zero-order valence-electron chi connectivity index (χ0n) is 10.0. The first-order chi connectivity index (χ1) is 7.41. The summed E-state index contributed by atoms with van der Waals surface area (Å²) in [6, 6.07) is 5.23. The lowest BCUT2D eigenvalue weighted by Gasteiger charge is -2.12. The number of benzene rings is 1. The van der Waals surface area contributed by atoms with Gasteiger partial charge in [0.05, 0.1) is 0 Å². The van der Waals surface area contributed by atoms with Crippen LogP contribution in [0.1, 0.15) is 36.5 Å². The molecule has 1 aromatic rings. The maximum Gasteiger partial charge on any atom is 0.320 e. The van der Waals surface area contributed by atoms with Gasteiger partial charge in [-0.2, -0.15) is 0 Å². The van der Waals surface area contributed by atoms with Gasteiger partial charge < -0.3 is 10.8 Å². The van der Waals surface area contributed by atoms with Crippen LogP contribution in [0.3, 0.4) is 0 Å². The van der Waals surface area contributed by atoms with Crippen molar-refractivity contribution in [3.8, 4) is 0 Å². The maximum atomic E-state index is 10.6. The number of carboxylic acid groups (broad SMARTS) is 1. The minimum atomic E-state index is -0.953. The molecular weight excluding hydrogens is 202 g/mol. The Bertz CT molecular complexity index is 386. The molecule has 0 amide bonds. The molecule has 0 aliphatic heterocycles. The van der Waals surface area contributed by atoms with E-state index in [1.165, 1.54) is 11.1 Å². The molecule has 0 spiro atoms. The minimum Gasteiger partial charge on any atom is -0.480 e. The number of nitrogens with two attached hydrogens (primary N) is 1. The van der Waals surface area contributed by atoms with Crippen molar-refractivity contribution in [1.82, 2.24) is 0 Å². The van der Waals surface area contributed by atoms with Crippen molar-refractivity contribution in [1.29, 1.82) is 0 Å². The summed E-state index contributed by atoms with van der Waals surface area (Å²) in [5, 5.41) is 8.73. The van der Waals surface area contributed by atoms with Crippen LogP contribution in [0.5, 0.6) is 0 Å². The second-order valence-electron chi connectivity index (χ2n) is 4.49. The SMILES string of the molecule is Cc1cc(C[C@H](N)C(=O)O)ccc1C(C)C. The number of carboxylic acids is 1. The Morgan fingerprint density at radius 1 is 1.44 bits per heavy atom. The summed E-state index contributed by atoms with van der Waals surface area (Å²) in [5.41, 5.74) is 8.98. The Balaban J connectivity index is 2.85. The first kappa shape index (κ1) is 12.7. The molecule has 0 unspecified atom stereocenters. The smallest absolute Gasteiger partial charge is 0.320 e. The van der Waals surface area contributed by atoms with Crippen molar-refractivity contribution in [2.75, 3.05) is 0 Å². The van der Waals surface area contributed by atoms with Crippen LogP contribution in [0.15, 0.2) is 18.2 Å². The van der Waals surface area contributed by atoms with Crippen molar-refractivity contribution >= 4 is 5.97 Å². The van der Waals surface area contributed by atoms with Crippen molar-refractivity contribution in [2.24, 2.45) is 5.73 Å². The van der Waals surface area contributed by atoms with Crippen LogP contribution in [0.2, 0.25) is 0 Å². The Kier molecular flexibility index (Phi) is 4.07. The van der Waals surface area contributed by atoms with E-state index >= 15 is 0 Å². The number of aliphatic carboxylic acids is 1. The molecule has 88 valence electrons. The molecule has 0 bridgehead atoms. The van der Waals surface area contributed by atoms with Crippen LogP contribution >= 0.6 is 0 Å². The van der Waals surface area contributed by atoms with Crippen LogP contribution in [-0.2, 0) is 11.2 Å². The predicted molar refractivity (Wildman–Crippen MR) is 64.6 cm³/mol. The van der Waals surface area contributed by atoms with Crippen LogP contribution in [0.4, 0.5) is 0 Å². The summed E-state index contributed by atoms with van der Waals surface area (Å²) in [5.74, 6) is -0.465. The molecule has 0 fully saturated rings. The van der Waals surface area contributed by atoms with Gasteiger partial charge in [-0.25, -0.2) is 0 Å². The molecule has 0 aliphatic rings. The summed E-state index contributed by atoms with van der Waals surface area (Å²) in [6.45, 7) is 6.33. The monoisotopic (exact) mass is 221 g/mol. The quantitative estimate of drug-likeness (QED) is 0.818. The molecule has 3 N–H and O–H groups in total. The molecule has 0 aromatic heterocycles. The van der Waals surface area contributed by atoms with E-state index in [1.807, 2.05) is 19.1 Å². The fraction of sp³-hybridized carbons (Fsp3) is 0.462. The molecule has 3 heteroatoms. The number of hydrogen-bond donors (Lipinski definition) is 2. The molecule has 0 saturated heterocycles. The number of carbonyl (C=O) groups is 1. The highest BCUT2D eigenvalue weighted by atomic mass is 16.4. The van der Waals surface area contributed by atoms with Gasteiger partial charge in [-0.05, 0) is 36.0 Å². The molecule has 3 nitrogen and oxygen atoms in total. The maximum absolute atomic E-state index is 10.6. The van der Waals surface area contributed by atoms with Crippen molar-refractivity contribution in [3.05, 3.63) is 34.9 Å². The van der Waals surface area contributed by atoms with Crippen LogP contribution in [0.25, 0.3) is 0 Å². The fourth-order valence-electron chi connectivity index (χ4n) is 1.85. The lowest BCUT2D eigenvalue weighted by Crippen LogP contribution is -2.32. The van der Waals surface area contributed by atoms with Gasteiger partial charge in [-0.1, -0.05) is 32.0 Å². The van der Waals surface area contributed by atoms with Gasteiger partial charge in [0.15, 0.2) is 0 Å². The van der Waals surface area contributed by atoms with Gasteiger partial charge in [-0.3, -0.25) is 4.79 Å². The van der Waals surface area contributed by atoms with Crippen molar-refractivity contribution < 1.29 is 9.90 Å². The zero-order valence-corrected chi connectivity index (χ0v) is 10.0. The third kappa shape index (κ3) is 3.07. The van der Waals surface area contributed by atoms with E-state index in [0.29, 0.717) is 12.3 Å². The Hall–Kier alpha value is -1.35. The zero-order chi connectivity index (χ0) is 12.3. The lowest BCUT2D eigenvalue weighted by atomic mass is 9.94. The molecule has 1 aromatic carbocycles. The van der Waals surface area contributed by atoms with E-state index in [1.54, 1.807) is 0 Å². The van der Waals surface area contributed by atoms with E-state index < -0.39 is 12.0 Å². The lowest BCUT2D eigenvalue weighted by molar-refractivity contribution is -0.138. The van der Waals surface area contributed by atoms with E-state index in [4.69, 9.17) is 10.8 Å². The number of aryl methyl sites for hydroxylation is 1. The van der Waals surface area contributed by atoms with Gasteiger partial charge in [0.2, 0.25) is 0 Å². The average Bonchev–Trinajstić information content (AvgIpc) is 2.16. The largest absolute Gasteiger partial charge is 0.480 e. The van der Waals surface area contributed by atoms with Crippen molar-refractivity contribution in [3.63, 3.8) is 0 Å².